The maximum Gasteiger partial charge on any atom is 0.410 e. The highest BCUT2D eigenvalue weighted by Gasteiger charge is 2.44. The average molecular weight is 313 g/mol. The summed E-state index contributed by atoms with van der Waals surface area (Å²) in [5.41, 5.74) is 0.733. The molecule has 0 radical (unpaired) electrons. The second-order valence-corrected chi connectivity index (χ2v) is 5.15. The van der Waals surface area contributed by atoms with Crippen LogP contribution in [0.1, 0.15) is 18.4 Å². The highest BCUT2D eigenvalue weighted by molar-refractivity contribution is 5.74. The average Bonchev–Trinajstić information content (AvgIpc) is 2.52. The van der Waals surface area contributed by atoms with Crippen LogP contribution in [-0.4, -0.2) is 41.1 Å². The normalized spacial score (nSPS) is 21.7. The minimum Gasteiger partial charge on any atom is -0.481 e. The third-order valence-electron chi connectivity index (χ3n) is 3.70. The number of carboxylic acids is 1. The van der Waals surface area contributed by atoms with E-state index < -0.39 is 30.4 Å². The monoisotopic (exact) mass is 313 g/mol. The summed E-state index contributed by atoms with van der Waals surface area (Å²) < 4.78 is 31.4. The molecule has 120 valence electrons. The van der Waals surface area contributed by atoms with Gasteiger partial charge in [0.25, 0.3) is 6.43 Å². The third kappa shape index (κ3) is 3.72. The Hall–Kier alpha value is -2.18. The van der Waals surface area contributed by atoms with Gasteiger partial charge in [0.1, 0.15) is 12.6 Å². The first-order valence-electron chi connectivity index (χ1n) is 6.99. The van der Waals surface area contributed by atoms with Gasteiger partial charge in [-0.3, -0.25) is 9.69 Å². The molecule has 1 aromatic carbocycles. The van der Waals surface area contributed by atoms with Gasteiger partial charge in [-0.1, -0.05) is 30.3 Å². The van der Waals surface area contributed by atoms with Gasteiger partial charge in [-0.15, -0.1) is 0 Å². The van der Waals surface area contributed by atoms with E-state index in [1.54, 1.807) is 30.3 Å². The molecule has 1 aliphatic heterocycles. The number of aliphatic carboxylic acids is 1. The number of ether oxygens (including phenoxy) is 1. The van der Waals surface area contributed by atoms with E-state index >= 15 is 0 Å². The maximum absolute atomic E-state index is 13.2. The smallest absolute Gasteiger partial charge is 0.410 e. The minimum atomic E-state index is -2.93. The van der Waals surface area contributed by atoms with Gasteiger partial charge in [-0.05, 0) is 18.4 Å². The molecule has 0 bridgehead atoms. The summed E-state index contributed by atoms with van der Waals surface area (Å²) in [6.07, 6.45) is -3.33. The second kappa shape index (κ2) is 7.20. The number of benzene rings is 1. The van der Waals surface area contributed by atoms with E-state index in [0.29, 0.717) is 6.42 Å². The van der Waals surface area contributed by atoms with Crippen molar-refractivity contribution < 1.29 is 28.2 Å². The number of carboxylic acid groups (broad SMARTS) is 1. The Morgan fingerprint density at radius 1 is 1.32 bits per heavy atom. The molecule has 1 N–H and O–H groups in total. The van der Waals surface area contributed by atoms with Crippen molar-refractivity contribution in [1.82, 2.24) is 4.90 Å². The molecule has 0 aliphatic carbocycles. The van der Waals surface area contributed by atoms with E-state index in [1.165, 1.54) is 0 Å². The summed E-state index contributed by atoms with van der Waals surface area (Å²) in [6, 6.07) is 7.19. The van der Waals surface area contributed by atoms with E-state index in [9.17, 15) is 18.4 Å². The minimum absolute atomic E-state index is 0.0378. The predicted molar refractivity (Wildman–Crippen MR) is 73.5 cm³/mol. The van der Waals surface area contributed by atoms with Crippen molar-refractivity contribution in [2.75, 3.05) is 6.54 Å². The fourth-order valence-corrected chi connectivity index (χ4v) is 2.61. The van der Waals surface area contributed by atoms with Crippen LogP contribution in [-0.2, 0) is 16.1 Å². The van der Waals surface area contributed by atoms with Crippen molar-refractivity contribution in [3.05, 3.63) is 35.9 Å². The maximum atomic E-state index is 13.2. The first kappa shape index (κ1) is 16.2. The number of piperidine rings is 1. The number of hydrogen-bond donors (Lipinski definition) is 1. The van der Waals surface area contributed by atoms with Crippen LogP contribution in [0.5, 0.6) is 0 Å². The number of alkyl halides is 2. The number of nitrogens with zero attached hydrogens (tertiary/aromatic N) is 1. The summed E-state index contributed by atoms with van der Waals surface area (Å²) in [6.45, 7) is 0.0380. The third-order valence-corrected chi connectivity index (χ3v) is 3.70. The molecule has 2 atom stereocenters. The van der Waals surface area contributed by atoms with E-state index in [-0.39, 0.29) is 19.6 Å². The van der Waals surface area contributed by atoms with Gasteiger partial charge in [0.05, 0.1) is 5.92 Å². The van der Waals surface area contributed by atoms with Crippen LogP contribution in [0.4, 0.5) is 13.6 Å². The zero-order chi connectivity index (χ0) is 16.1. The number of carbonyl (C=O) groups is 2. The summed E-state index contributed by atoms with van der Waals surface area (Å²) in [4.78, 5) is 24.0. The number of rotatable bonds is 4. The zero-order valence-corrected chi connectivity index (χ0v) is 11.8. The molecule has 1 fully saturated rings. The standard InChI is InChI=1S/C15H17F2NO4/c16-13(17)12-11(14(19)20)7-4-8-18(12)15(21)22-9-10-5-2-1-3-6-10/h1-3,5-6,11-13H,4,7-9H2,(H,19,20)/t11-,12-/m1/s1. The molecule has 7 heteroatoms. The molecule has 0 aromatic heterocycles. The molecular weight excluding hydrogens is 296 g/mol. The van der Waals surface area contributed by atoms with Crippen molar-refractivity contribution in [2.45, 2.75) is 31.9 Å². The summed E-state index contributed by atoms with van der Waals surface area (Å²) >= 11 is 0. The van der Waals surface area contributed by atoms with Crippen LogP contribution < -0.4 is 0 Å². The molecule has 22 heavy (non-hydrogen) atoms. The highest BCUT2D eigenvalue weighted by atomic mass is 19.3. The molecule has 1 saturated heterocycles. The van der Waals surface area contributed by atoms with Crippen molar-refractivity contribution in [1.29, 1.82) is 0 Å². The number of hydrogen-bond acceptors (Lipinski definition) is 3. The van der Waals surface area contributed by atoms with Gasteiger partial charge >= 0.3 is 12.1 Å². The van der Waals surface area contributed by atoms with Gasteiger partial charge in [0.2, 0.25) is 0 Å². The largest absolute Gasteiger partial charge is 0.481 e. The Morgan fingerprint density at radius 2 is 2.00 bits per heavy atom. The number of likely N-dealkylation sites (tertiary alicyclic amines) is 1. The van der Waals surface area contributed by atoms with Crippen molar-refractivity contribution >= 4 is 12.1 Å². The van der Waals surface area contributed by atoms with Crippen LogP contribution in [0.2, 0.25) is 0 Å². The Balaban J connectivity index is 2.04. The van der Waals surface area contributed by atoms with Gasteiger partial charge in [0, 0.05) is 6.54 Å². The number of carbonyl (C=O) groups excluding carboxylic acids is 1. The number of halogens is 2. The fourth-order valence-electron chi connectivity index (χ4n) is 2.61. The molecule has 1 amide bonds. The van der Waals surface area contributed by atoms with Crippen LogP contribution in [0.15, 0.2) is 30.3 Å². The quantitative estimate of drug-likeness (QED) is 0.928. The summed E-state index contributed by atoms with van der Waals surface area (Å²) in [7, 11) is 0. The lowest BCUT2D eigenvalue weighted by molar-refractivity contribution is -0.149. The Bertz CT molecular complexity index is 524. The molecule has 1 aromatic rings. The first-order valence-corrected chi connectivity index (χ1v) is 6.99. The Morgan fingerprint density at radius 3 is 2.59 bits per heavy atom. The van der Waals surface area contributed by atoms with E-state index in [2.05, 4.69) is 0 Å². The highest BCUT2D eigenvalue weighted by Crippen LogP contribution is 2.29. The van der Waals surface area contributed by atoms with Gasteiger partial charge < -0.3 is 9.84 Å². The number of amides is 1. The zero-order valence-electron chi connectivity index (χ0n) is 11.8. The topological polar surface area (TPSA) is 66.8 Å². The van der Waals surface area contributed by atoms with Crippen molar-refractivity contribution in [3.8, 4) is 0 Å². The van der Waals surface area contributed by atoms with E-state index in [4.69, 9.17) is 9.84 Å². The van der Waals surface area contributed by atoms with Gasteiger partial charge in [-0.25, -0.2) is 13.6 Å². The van der Waals surface area contributed by atoms with Crippen LogP contribution in [0.3, 0.4) is 0 Å². The molecule has 1 aliphatic rings. The molecule has 1 heterocycles. The Kier molecular flexibility index (Phi) is 5.30. The molecule has 5 nitrogen and oxygen atoms in total. The molecule has 0 spiro atoms. The molecular formula is C15H17F2NO4. The SMILES string of the molecule is O=C(O)[C@@H]1CCCN(C(=O)OCc2ccccc2)[C@H]1C(F)F. The van der Waals surface area contributed by atoms with Crippen LogP contribution >= 0.6 is 0 Å². The van der Waals surface area contributed by atoms with Crippen molar-refractivity contribution in [2.24, 2.45) is 5.92 Å². The van der Waals surface area contributed by atoms with Crippen LogP contribution in [0, 0.1) is 5.92 Å². The molecule has 2 rings (SSSR count). The Labute approximate surface area is 126 Å². The van der Waals surface area contributed by atoms with E-state index in [1.807, 2.05) is 0 Å². The second-order valence-electron chi connectivity index (χ2n) is 5.15. The lowest BCUT2D eigenvalue weighted by Crippen LogP contribution is -2.54. The molecule has 0 unspecified atom stereocenters. The lowest BCUT2D eigenvalue weighted by Gasteiger charge is -2.38. The molecule has 0 saturated carbocycles. The van der Waals surface area contributed by atoms with Crippen molar-refractivity contribution in [3.63, 3.8) is 0 Å². The van der Waals surface area contributed by atoms with E-state index in [0.717, 1.165) is 10.5 Å². The van der Waals surface area contributed by atoms with Crippen LogP contribution in [0.25, 0.3) is 0 Å². The summed E-state index contributed by atoms with van der Waals surface area (Å²) in [5, 5.41) is 9.05. The van der Waals surface area contributed by atoms with Gasteiger partial charge in [-0.2, -0.15) is 0 Å². The summed E-state index contributed by atoms with van der Waals surface area (Å²) in [5.74, 6) is -2.58. The fraction of sp³-hybridized carbons (Fsp3) is 0.467. The van der Waals surface area contributed by atoms with Gasteiger partial charge in [0.15, 0.2) is 0 Å². The lowest BCUT2D eigenvalue weighted by atomic mass is 9.89. The first-order chi connectivity index (χ1) is 10.5. The predicted octanol–water partition coefficient (Wildman–Crippen LogP) is 2.75.